The molecule has 0 heterocycles. The molecule has 5 nitrogen and oxygen atoms in total. The molecule has 0 fully saturated rings. The lowest BCUT2D eigenvalue weighted by atomic mass is 10.1. The van der Waals surface area contributed by atoms with Crippen molar-refractivity contribution in [2.24, 2.45) is 0 Å². The van der Waals surface area contributed by atoms with E-state index in [0.29, 0.717) is 0 Å². The van der Waals surface area contributed by atoms with Crippen LogP contribution in [0.4, 0.5) is 10.5 Å². The molecule has 0 saturated heterocycles. The number of ether oxygens (including phenoxy) is 1. The molecule has 1 aromatic rings. The maximum absolute atomic E-state index is 11.6. The number of rotatable bonds is 3. The lowest BCUT2D eigenvalue weighted by Crippen LogP contribution is -2.32. The van der Waals surface area contributed by atoms with Gasteiger partial charge in [-0.3, -0.25) is 4.90 Å². The van der Waals surface area contributed by atoms with Crippen molar-refractivity contribution in [3.8, 4) is 0 Å². The summed E-state index contributed by atoms with van der Waals surface area (Å²) in [5.41, 5.74) is -0.0809. The second-order valence-electron chi connectivity index (χ2n) is 3.28. The quantitative estimate of drug-likeness (QED) is 0.928. The zero-order valence-electron chi connectivity index (χ0n) is 9.74. The summed E-state index contributed by atoms with van der Waals surface area (Å²) in [6, 6.07) is 2.65. The lowest BCUT2D eigenvalue weighted by molar-refractivity contribution is 0.0697. The fourth-order valence-corrected chi connectivity index (χ4v) is 1.88. The molecule has 0 aromatic heterocycles. The van der Waals surface area contributed by atoms with E-state index >= 15 is 0 Å². The van der Waals surface area contributed by atoms with Crippen molar-refractivity contribution in [1.29, 1.82) is 0 Å². The van der Waals surface area contributed by atoms with Gasteiger partial charge < -0.3 is 9.84 Å². The Hall–Kier alpha value is -1.46. The first-order chi connectivity index (χ1) is 8.43. The number of carbonyl (C=O) groups is 2. The molecule has 0 radical (unpaired) electrons. The Morgan fingerprint density at radius 1 is 1.39 bits per heavy atom. The highest BCUT2D eigenvalue weighted by Gasteiger charge is 2.25. The van der Waals surface area contributed by atoms with Gasteiger partial charge in [0.25, 0.3) is 0 Å². The van der Waals surface area contributed by atoms with Crippen molar-refractivity contribution >= 4 is 41.0 Å². The third kappa shape index (κ3) is 2.68. The largest absolute Gasteiger partial charge is 0.478 e. The minimum absolute atomic E-state index is 0.00353. The average molecular weight is 292 g/mol. The van der Waals surface area contributed by atoms with Gasteiger partial charge in [-0.2, -0.15) is 0 Å². The van der Waals surface area contributed by atoms with Gasteiger partial charge in [0.1, 0.15) is 0 Å². The highest BCUT2D eigenvalue weighted by Crippen LogP contribution is 2.36. The molecule has 1 N–H and O–H groups in total. The standard InChI is InChI=1S/C11H11Cl2NO4/c1-3-14(11(17)18-2)9-6(10(15)16)4-5-7(12)8(9)13/h4-5H,3H2,1-2H3,(H,15,16). The Labute approximate surface area is 114 Å². The van der Waals surface area contributed by atoms with E-state index in [1.165, 1.54) is 19.2 Å². The van der Waals surface area contributed by atoms with E-state index < -0.39 is 12.1 Å². The average Bonchev–Trinajstić information content (AvgIpc) is 2.34. The number of hydrogen-bond acceptors (Lipinski definition) is 3. The first-order valence-electron chi connectivity index (χ1n) is 5.00. The van der Waals surface area contributed by atoms with Gasteiger partial charge in [-0.15, -0.1) is 0 Å². The van der Waals surface area contributed by atoms with Crippen molar-refractivity contribution in [1.82, 2.24) is 0 Å². The van der Waals surface area contributed by atoms with Gasteiger partial charge >= 0.3 is 12.1 Å². The van der Waals surface area contributed by atoms with Crippen LogP contribution in [0.5, 0.6) is 0 Å². The van der Waals surface area contributed by atoms with E-state index in [-0.39, 0.29) is 27.8 Å². The summed E-state index contributed by atoms with van der Waals surface area (Å²) in [7, 11) is 1.20. The number of halogens is 2. The number of nitrogens with zero attached hydrogens (tertiary/aromatic N) is 1. The van der Waals surface area contributed by atoms with Crippen LogP contribution in [0.25, 0.3) is 0 Å². The van der Waals surface area contributed by atoms with Gasteiger partial charge in [-0.25, -0.2) is 9.59 Å². The molecule has 7 heteroatoms. The molecular weight excluding hydrogens is 281 g/mol. The number of anilines is 1. The number of hydrogen-bond donors (Lipinski definition) is 1. The fourth-order valence-electron chi connectivity index (χ4n) is 1.47. The molecule has 1 amide bonds. The molecule has 98 valence electrons. The Morgan fingerprint density at radius 2 is 2.00 bits per heavy atom. The summed E-state index contributed by atoms with van der Waals surface area (Å²) in [6.45, 7) is 1.87. The van der Waals surface area contributed by atoms with Crippen molar-refractivity contribution in [3.63, 3.8) is 0 Å². The minimum atomic E-state index is -1.20. The van der Waals surface area contributed by atoms with Crippen LogP contribution in [-0.4, -0.2) is 30.8 Å². The molecule has 0 unspecified atom stereocenters. The van der Waals surface area contributed by atoms with Gasteiger partial charge in [-0.05, 0) is 19.1 Å². The molecule has 1 rings (SSSR count). The van der Waals surface area contributed by atoms with E-state index in [2.05, 4.69) is 4.74 Å². The first-order valence-corrected chi connectivity index (χ1v) is 5.76. The molecule has 0 aliphatic heterocycles. The Kier molecular flexibility index (Phi) is 4.81. The van der Waals surface area contributed by atoms with E-state index in [4.69, 9.17) is 28.3 Å². The first kappa shape index (κ1) is 14.6. The number of methoxy groups -OCH3 is 1. The lowest BCUT2D eigenvalue weighted by Gasteiger charge is -2.22. The smallest absolute Gasteiger partial charge is 0.414 e. The minimum Gasteiger partial charge on any atom is -0.478 e. The van der Waals surface area contributed by atoms with Crippen LogP contribution >= 0.6 is 23.2 Å². The number of carboxylic acid groups (broad SMARTS) is 1. The second kappa shape index (κ2) is 5.93. The number of benzene rings is 1. The fraction of sp³-hybridized carbons (Fsp3) is 0.273. The van der Waals surface area contributed by atoms with E-state index in [0.717, 1.165) is 4.90 Å². The van der Waals surface area contributed by atoms with Crippen LogP contribution in [-0.2, 0) is 4.74 Å². The third-order valence-electron chi connectivity index (χ3n) is 2.28. The SMILES string of the molecule is CCN(C(=O)OC)c1c(C(=O)O)ccc(Cl)c1Cl. The molecule has 0 spiro atoms. The Balaban J connectivity index is 3.48. The zero-order valence-corrected chi connectivity index (χ0v) is 11.2. The van der Waals surface area contributed by atoms with Gasteiger partial charge in [0.05, 0.1) is 28.4 Å². The summed E-state index contributed by atoms with van der Waals surface area (Å²) >= 11 is 11.8. The summed E-state index contributed by atoms with van der Waals surface area (Å²) < 4.78 is 4.58. The summed E-state index contributed by atoms with van der Waals surface area (Å²) in [5, 5.41) is 9.27. The van der Waals surface area contributed by atoms with E-state index in [9.17, 15) is 9.59 Å². The summed E-state index contributed by atoms with van der Waals surface area (Å²) in [5.74, 6) is -1.20. The van der Waals surface area contributed by atoms with Gasteiger partial charge in [0.15, 0.2) is 0 Å². The van der Waals surface area contributed by atoms with Crippen molar-refractivity contribution in [3.05, 3.63) is 27.7 Å². The zero-order chi connectivity index (χ0) is 13.9. The van der Waals surface area contributed by atoms with Gasteiger partial charge in [0, 0.05) is 6.54 Å². The van der Waals surface area contributed by atoms with Crippen molar-refractivity contribution in [2.75, 3.05) is 18.6 Å². The Bertz CT molecular complexity index is 490. The predicted octanol–water partition coefficient (Wildman–Crippen LogP) is 3.28. The molecule has 1 aromatic carbocycles. The molecule has 0 bridgehead atoms. The highest BCUT2D eigenvalue weighted by atomic mass is 35.5. The molecule has 0 aliphatic carbocycles. The van der Waals surface area contributed by atoms with E-state index in [1.807, 2.05) is 0 Å². The van der Waals surface area contributed by atoms with Crippen molar-refractivity contribution < 1.29 is 19.4 Å². The number of carbonyl (C=O) groups excluding carboxylic acids is 1. The Morgan fingerprint density at radius 3 is 2.44 bits per heavy atom. The van der Waals surface area contributed by atoms with Crippen molar-refractivity contribution in [2.45, 2.75) is 6.92 Å². The molecule has 18 heavy (non-hydrogen) atoms. The second-order valence-corrected chi connectivity index (χ2v) is 4.06. The van der Waals surface area contributed by atoms with Crippen LogP contribution in [0, 0.1) is 0 Å². The molecule has 0 aliphatic rings. The normalized spacial score (nSPS) is 10.0. The topological polar surface area (TPSA) is 66.8 Å². The monoisotopic (exact) mass is 291 g/mol. The summed E-state index contributed by atoms with van der Waals surface area (Å²) in [6.07, 6.45) is -0.704. The van der Waals surface area contributed by atoms with Crippen LogP contribution in [0.15, 0.2) is 12.1 Å². The van der Waals surface area contributed by atoms with Crippen LogP contribution in [0.1, 0.15) is 17.3 Å². The molecule has 0 saturated carbocycles. The van der Waals surface area contributed by atoms with Crippen LogP contribution < -0.4 is 4.90 Å². The molecule has 0 atom stereocenters. The van der Waals surface area contributed by atoms with Gasteiger partial charge in [-0.1, -0.05) is 23.2 Å². The third-order valence-corrected chi connectivity index (χ3v) is 3.07. The maximum Gasteiger partial charge on any atom is 0.414 e. The highest BCUT2D eigenvalue weighted by molar-refractivity contribution is 6.44. The van der Waals surface area contributed by atoms with Crippen LogP contribution in [0.2, 0.25) is 10.0 Å². The maximum atomic E-state index is 11.6. The number of amides is 1. The van der Waals surface area contributed by atoms with Gasteiger partial charge in [0.2, 0.25) is 0 Å². The number of aromatic carboxylic acids is 1. The van der Waals surface area contributed by atoms with E-state index in [1.54, 1.807) is 6.92 Å². The number of carboxylic acids is 1. The van der Waals surface area contributed by atoms with Crippen LogP contribution in [0.3, 0.4) is 0 Å². The summed E-state index contributed by atoms with van der Waals surface area (Å²) in [4.78, 5) is 23.8. The molecular formula is C11H11Cl2NO4. The predicted molar refractivity (Wildman–Crippen MR) is 68.8 cm³/mol.